The summed E-state index contributed by atoms with van der Waals surface area (Å²) >= 11 is 2.35. The van der Waals surface area contributed by atoms with E-state index in [1.54, 1.807) is 4.31 Å². The first-order valence-electron chi connectivity index (χ1n) is 6.37. The van der Waals surface area contributed by atoms with Crippen LogP contribution < -0.4 is 4.72 Å². The standard InChI is InChI=1S/C11H23IN2O2S/c1-11-5-9-14(10-6-11)17(15,16)13-8-4-2-3-7-12/h11,13H,2-10H2,1H3. The Kier molecular flexibility index (Phi) is 7.28. The molecule has 1 saturated heterocycles. The molecule has 4 nitrogen and oxygen atoms in total. The SMILES string of the molecule is CC1CCN(S(=O)(=O)NCCCCCI)CC1. The van der Waals surface area contributed by atoms with Gasteiger partial charge in [0.15, 0.2) is 0 Å². The third kappa shape index (κ3) is 5.85. The molecule has 0 atom stereocenters. The first kappa shape index (κ1) is 15.7. The molecule has 0 aromatic heterocycles. The Bertz CT molecular complexity index is 301. The van der Waals surface area contributed by atoms with Crippen molar-refractivity contribution in [1.82, 2.24) is 9.03 Å². The van der Waals surface area contributed by atoms with Crippen molar-refractivity contribution in [2.24, 2.45) is 5.92 Å². The normalized spacial score (nSPS) is 19.6. The van der Waals surface area contributed by atoms with Crippen molar-refractivity contribution in [3.05, 3.63) is 0 Å². The van der Waals surface area contributed by atoms with Crippen LogP contribution in [0.1, 0.15) is 39.0 Å². The topological polar surface area (TPSA) is 49.4 Å². The Hall–Kier alpha value is 0.600. The van der Waals surface area contributed by atoms with Gasteiger partial charge in [-0.25, -0.2) is 4.72 Å². The predicted molar refractivity (Wildman–Crippen MR) is 79.6 cm³/mol. The van der Waals surface area contributed by atoms with Crippen molar-refractivity contribution in [2.75, 3.05) is 24.1 Å². The zero-order chi connectivity index (χ0) is 12.7. The highest BCUT2D eigenvalue weighted by atomic mass is 127. The molecule has 0 bridgehead atoms. The summed E-state index contributed by atoms with van der Waals surface area (Å²) in [6.07, 6.45) is 5.17. The molecule has 0 aliphatic carbocycles. The van der Waals surface area contributed by atoms with Gasteiger partial charge in [-0.3, -0.25) is 0 Å². The monoisotopic (exact) mass is 374 g/mol. The highest BCUT2D eigenvalue weighted by Crippen LogP contribution is 2.17. The fraction of sp³-hybridized carbons (Fsp3) is 1.00. The first-order chi connectivity index (χ1) is 8.06. The van der Waals surface area contributed by atoms with Gasteiger partial charge < -0.3 is 0 Å². The van der Waals surface area contributed by atoms with E-state index in [2.05, 4.69) is 34.2 Å². The minimum Gasteiger partial charge on any atom is -0.202 e. The maximum atomic E-state index is 11.9. The molecule has 1 N–H and O–H groups in total. The molecule has 0 unspecified atom stereocenters. The molecule has 1 aliphatic heterocycles. The lowest BCUT2D eigenvalue weighted by atomic mass is 10.0. The van der Waals surface area contributed by atoms with E-state index in [9.17, 15) is 8.42 Å². The molecule has 6 heteroatoms. The molecule has 0 aromatic rings. The molecule has 1 aliphatic rings. The van der Waals surface area contributed by atoms with Gasteiger partial charge in [-0.15, -0.1) is 0 Å². The van der Waals surface area contributed by atoms with Crippen LogP contribution in [0, 0.1) is 5.92 Å². The van der Waals surface area contributed by atoms with Gasteiger partial charge in [0.05, 0.1) is 0 Å². The van der Waals surface area contributed by atoms with Crippen LogP contribution in [0.25, 0.3) is 0 Å². The fourth-order valence-electron chi connectivity index (χ4n) is 1.91. The molecule has 0 amide bonds. The Morgan fingerprint density at radius 1 is 1.24 bits per heavy atom. The lowest BCUT2D eigenvalue weighted by Gasteiger charge is -2.29. The highest BCUT2D eigenvalue weighted by molar-refractivity contribution is 14.1. The van der Waals surface area contributed by atoms with Crippen LogP contribution in [0.2, 0.25) is 0 Å². The molecule has 0 aromatic carbocycles. The van der Waals surface area contributed by atoms with Gasteiger partial charge in [0, 0.05) is 19.6 Å². The van der Waals surface area contributed by atoms with Gasteiger partial charge in [0.2, 0.25) is 0 Å². The molecule has 1 fully saturated rings. The number of hydrogen-bond donors (Lipinski definition) is 1. The van der Waals surface area contributed by atoms with Crippen LogP contribution in [-0.2, 0) is 10.2 Å². The number of nitrogens with zero attached hydrogens (tertiary/aromatic N) is 1. The second-order valence-electron chi connectivity index (χ2n) is 4.73. The lowest BCUT2D eigenvalue weighted by molar-refractivity contribution is 0.285. The summed E-state index contributed by atoms with van der Waals surface area (Å²) in [7, 11) is -3.21. The van der Waals surface area contributed by atoms with Crippen molar-refractivity contribution < 1.29 is 8.42 Å². The lowest BCUT2D eigenvalue weighted by Crippen LogP contribution is -2.44. The second-order valence-corrected chi connectivity index (χ2v) is 7.56. The molecule has 0 radical (unpaired) electrons. The molecule has 0 saturated carbocycles. The molecule has 17 heavy (non-hydrogen) atoms. The van der Waals surface area contributed by atoms with E-state index in [0.717, 1.165) is 30.1 Å². The average molecular weight is 374 g/mol. The Balaban J connectivity index is 2.25. The van der Waals surface area contributed by atoms with Crippen molar-refractivity contribution in [1.29, 1.82) is 0 Å². The quantitative estimate of drug-likeness (QED) is 0.422. The summed E-state index contributed by atoms with van der Waals surface area (Å²) in [5.41, 5.74) is 0. The number of alkyl halides is 1. The smallest absolute Gasteiger partial charge is 0.202 e. The number of halogens is 1. The maximum absolute atomic E-state index is 11.9. The van der Waals surface area contributed by atoms with E-state index in [-0.39, 0.29) is 0 Å². The zero-order valence-corrected chi connectivity index (χ0v) is 13.5. The number of unbranched alkanes of at least 4 members (excludes halogenated alkanes) is 2. The van der Waals surface area contributed by atoms with Crippen LogP contribution in [0.3, 0.4) is 0 Å². The second kappa shape index (κ2) is 7.91. The summed E-state index contributed by atoms with van der Waals surface area (Å²) in [6, 6.07) is 0. The Labute approximate surface area is 119 Å². The zero-order valence-electron chi connectivity index (χ0n) is 10.5. The Morgan fingerprint density at radius 2 is 1.88 bits per heavy atom. The van der Waals surface area contributed by atoms with Crippen molar-refractivity contribution >= 4 is 32.8 Å². The molecular weight excluding hydrogens is 351 g/mol. The maximum Gasteiger partial charge on any atom is 0.279 e. The van der Waals surface area contributed by atoms with E-state index in [4.69, 9.17) is 0 Å². The number of rotatable bonds is 7. The van der Waals surface area contributed by atoms with Crippen LogP contribution in [-0.4, -0.2) is 36.8 Å². The first-order valence-corrected chi connectivity index (χ1v) is 9.33. The summed E-state index contributed by atoms with van der Waals surface area (Å²) in [5.74, 6) is 0.658. The van der Waals surface area contributed by atoms with E-state index in [0.29, 0.717) is 25.6 Å². The van der Waals surface area contributed by atoms with Gasteiger partial charge in [0.1, 0.15) is 0 Å². The summed E-state index contributed by atoms with van der Waals surface area (Å²) < 4.78 is 29.3. The van der Waals surface area contributed by atoms with E-state index >= 15 is 0 Å². The van der Waals surface area contributed by atoms with Crippen molar-refractivity contribution in [3.63, 3.8) is 0 Å². The van der Waals surface area contributed by atoms with Gasteiger partial charge in [-0.05, 0) is 36.0 Å². The predicted octanol–water partition coefficient (Wildman–Crippen LogP) is 2.16. The Morgan fingerprint density at radius 3 is 2.47 bits per heavy atom. The van der Waals surface area contributed by atoms with Gasteiger partial charge in [0.25, 0.3) is 10.2 Å². The number of piperidine rings is 1. The van der Waals surface area contributed by atoms with Crippen molar-refractivity contribution in [3.8, 4) is 0 Å². The number of hydrogen-bond acceptors (Lipinski definition) is 2. The van der Waals surface area contributed by atoms with Crippen LogP contribution in [0.5, 0.6) is 0 Å². The van der Waals surface area contributed by atoms with E-state index in [1.807, 2.05) is 0 Å². The fourth-order valence-corrected chi connectivity index (χ4v) is 3.73. The minimum absolute atomic E-state index is 0.574. The largest absolute Gasteiger partial charge is 0.279 e. The van der Waals surface area contributed by atoms with Gasteiger partial charge in [-0.1, -0.05) is 35.9 Å². The average Bonchev–Trinajstić information content (AvgIpc) is 2.29. The third-order valence-electron chi connectivity index (χ3n) is 3.18. The van der Waals surface area contributed by atoms with Gasteiger partial charge >= 0.3 is 0 Å². The van der Waals surface area contributed by atoms with Crippen molar-refractivity contribution in [2.45, 2.75) is 39.0 Å². The molecular formula is C11H23IN2O2S. The summed E-state index contributed by atoms with van der Waals surface area (Å²) in [5, 5.41) is 0. The van der Waals surface area contributed by atoms with Crippen LogP contribution in [0.4, 0.5) is 0 Å². The minimum atomic E-state index is -3.21. The van der Waals surface area contributed by atoms with E-state index in [1.165, 1.54) is 6.42 Å². The molecule has 1 heterocycles. The number of nitrogens with one attached hydrogen (secondary N) is 1. The third-order valence-corrected chi connectivity index (χ3v) is 5.55. The summed E-state index contributed by atoms with van der Waals surface area (Å²) in [6.45, 7) is 4.10. The molecule has 102 valence electrons. The highest BCUT2D eigenvalue weighted by Gasteiger charge is 2.25. The molecule has 1 rings (SSSR count). The van der Waals surface area contributed by atoms with Crippen LogP contribution >= 0.6 is 22.6 Å². The van der Waals surface area contributed by atoms with Gasteiger partial charge in [-0.2, -0.15) is 12.7 Å². The molecule has 0 spiro atoms. The van der Waals surface area contributed by atoms with Crippen LogP contribution in [0.15, 0.2) is 0 Å². The summed E-state index contributed by atoms with van der Waals surface area (Å²) in [4.78, 5) is 0. The van der Waals surface area contributed by atoms with E-state index < -0.39 is 10.2 Å².